The number of nitrogens with zero attached hydrogens (tertiary/aromatic N) is 4. The largest absolute Gasteiger partial charge is 0.416 e. The summed E-state index contributed by atoms with van der Waals surface area (Å²) in [6.07, 6.45) is -3.43. The first-order valence-corrected chi connectivity index (χ1v) is 11.1. The summed E-state index contributed by atoms with van der Waals surface area (Å²) >= 11 is 0. The quantitative estimate of drug-likeness (QED) is 0.686. The van der Waals surface area contributed by atoms with Gasteiger partial charge in [0.2, 0.25) is 10.0 Å². The lowest BCUT2D eigenvalue weighted by molar-refractivity contribution is -0.137. The number of alkyl halides is 3. The molecule has 8 nitrogen and oxygen atoms in total. The zero-order valence-corrected chi connectivity index (χ0v) is 18.2. The number of rotatable bonds is 4. The highest BCUT2D eigenvalue weighted by Crippen LogP contribution is 2.30. The summed E-state index contributed by atoms with van der Waals surface area (Å²) in [7, 11) is -4.00. The van der Waals surface area contributed by atoms with Crippen LogP contribution >= 0.6 is 0 Å². The molecule has 0 bridgehead atoms. The maximum atomic E-state index is 12.9. The Morgan fingerprint density at radius 1 is 1.03 bits per heavy atom. The Kier molecular flexibility index (Phi) is 6.56. The number of sulfonamides is 1. The minimum absolute atomic E-state index is 0.0132. The molecule has 0 radical (unpaired) electrons. The van der Waals surface area contributed by atoms with E-state index in [9.17, 15) is 26.4 Å². The monoisotopic (exact) mass is 469 g/mol. The number of halogens is 3. The molecule has 2 aromatic rings. The minimum Gasteiger partial charge on any atom is -0.404 e. The highest BCUT2D eigenvalue weighted by molar-refractivity contribution is 7.89. The van der Waals surface area contributed by atoms with Gasteiger partial charge in [0, 0.05) is 43.8 Å². The van der Waals surface area contributed by atoms with Gasteiger partial charge in [-0.2, -0.15) is 17.5 Å². The molecule has 1 amide bonds. The van der Waals surface area contributed by atoms with Gasteiger partial charge in [-0.05, 0) is 44.2 Å². The van der Waals surface area contributed by atoms with Gasteiger partial charge in [-0.15, -0.1) is 0 Å². The van der Waals surface area contributed by atoms with E-state index < -0.39 is 27.7 Å². The van der Waals surface area contributed by atoms with Crippen LogP contribution in [0.4, 0.5) is 13.2 Å². The molecule has 1 aliphatic heterocycles. The second kappa shape index (κ2) is 8.87. The Balaban J connectivity index is 1.71. The second-order valence-corrected chi connectivity index (χ2v) is 9.21. The molecule has 1 aromatic carbocycles. The summed E-state index contributed by atoms with van der Waals surface area (Å²) < 4.78 is 64.9. The molecular weight excluding hydrogens is 447 g/mol. The fourth-order valence-electron chi connectivity index (χ4n) is 3.35. The van der Waals surface area contributed by atoms with Crippen LogP contribution in [0.15, 0.2) is 41.4 Å². The first-order valence-electron chi connectivity index (χ1n) is 9.64. The van der Waals surface area contributed by atoms with Gasteiger partial charge in [-0.1, -0.05) is 0 Å². The number of piperazine rings is 1. The van der Waals surface area contributed by atoms with Crippen LogP contribution in [0, 0.1) is 13.8 Å². The predicted octanol–water partition coefficient (Wildman–Crippen LogP) is 1.94. The van der Waals surface area contributed by atoms with E-state index in [0.717, 1.165) is 34.8 Å². The molecule has 2 heterocycles. The third-order valence-corrected chi connectivity index (χ3v) is 6.88. The van der Waals surface area contributed by atoms with E-state index in [-0.39, 0.29) is 42.5 Å². The van der Waals surface area contributed by atoms with Crippen molar-refractivity contribution >= 4 is 21.5 Å². The molecule has 0 spiro atoms. The van der Waals surface area contributed by atoms with Gasteiger partial charge in [0.1, 0.15) is 0 Å². The van der Waals surface area contributed by atoms with E-state index in [2.05, 4.69) is 9.97 Å². The number of amides is 1. The van der Waals surface area contributed by atoms with Gasteiger partial charge in [-0.25, -0.2) is 18.4 Å². The predicted molar refractivity (Wildman–Crippen MR) is 110 cm³/mol. The van der Waals surface area contributed by atoms with Crippen molar-refractivity contribution in [2.24, 2.45) is 5.73 Å². The van der Waals surface area contributed by atoms with Crippen LogP contribution in [0.3, 0.4) is 0 Å². The fourth-order valence-corrected chi connectivity index (χ4v) is 4.78. The Morgan fingerprint density at radius 3 is 2.03 bits per heavy atom. The molecule has 32 heavy (non-hydrogen) atoms. The Morgan fingerprint density at radius 2 is 1.56 bits per heavy atom. The summed E-state index contributed by atoms with van der Waals surface area (Å²) in [4.78, 5) is 22.6. The average Bonchev–Trinajstić information content (AvgIpc) is 2.73. The normalized spacial score (nSPS) is 16.3. The van der Waals surface area contributed by atoms with Crippen molar-refractivity contribution in [1.82, 2.24) is 19.2 Å². The first-order chi connectivity index (χ1) is 14.9. The molecule has 1 aromatic heterocycles. The molecule has 0 unspecified atom stereocenters. The molecule has 3 rings (SSSR count). The van der Waals surface area contributed by atoms with Crippen LogP contribution in [0.5, 0.6) is 0 Å². The van der Waals surface area contributed by atoms with Crippen molar-refractivity contribution in [3.8, 4) is 0 Å². The maximum Gasteiger partial charge on any atom is 0.416 e. The third-order valence-electron chi connectivity index (χ3n) is 4.97. The van der Waals surface area contributed by atoms with Crippen LogP contribution in [-0.2, 0) is 21.0 Å². The first kappa shape index (κ1) is 23.7. The van der Waals surface area contributed by atoms with Gasteiger partial charge in [0.25, 0.3) is 5.91 Å². The van der Waals surface area contributed by atoms with Crippen LogP contribution < -0.4 is 5.73 Å². The molecule has 172 valence electrons. The van der Waals surface area contributed by atoms with E-state index in [1.165, 1.54) is 4.90 Å². The lowest BCUT2D eigenvalue weighted by Gasteiger charge is -2.34. The minimum atomic E-state index is -4.55. The zero-order chi connectivity index (χ0) is 23.7. The molecule has 12 heteroatoms. The van der Waals surface area contributed by atoms with E-state index in [4.69, 9.17) is 5.73 Å². The topological polar surface area (TPSA) is 109 Å². The van der Waals surface area contributed by atoms with E-state index in [0.29, 0.717) is 11.4 Å². The van der Waals surface area contributed by atoms with Gasteiger partial charge in [-0.3, -0.25) is 4.79 Å². The Hall–Kier alpha value is -2.99. The van der Waals surface area contributed by atoms with Crippen molar-refractivity contribution in [2.75, 3.05) is 26.2 Å². The molecule has 2 N–H and O–H groups in total. The van der Waals surface area contributed by atoms with Crippen molar-refractivity contribution in [3.05, 3.63) is 59.3 Å². The molecular formula is C20H22F3N5O3S. The summed E-state index contributed by atoms with van der Waals surface area (Å²) in [6.45, 7) is 3.67. The number of hydrogen-bond donors (Lipinski definition) is 1. The van der Waals surface area contributed by atoms with Gasteiger partial charge < -0.3 is 10.6 Å². The van der Waals surface area contributed by atoms with E-state index in [1.807, 2.05) is 0 Å². The SMILES string of the molecule is Cc1cc(C)nc(C(=CN)C(=O)N2CCN(S(=O)(=O)c3ccc(C(F)(F)F)cc3)CC2)n1. The Bertz CT molecular complexity index is 1120. The van der Waals surface area contributed by atoms with Crippen molar-refractivity contribution in [2.45, 2.75) is 24.9 Å². The lowest BCUT2D eigenvalue weighted by Crippen LogP contribution is -2.50. The number of hydrogen-bond acceptors (Lipinski definition) is 6. The summed E-state index contributed by atoms with van der Waals surface area (Å²) in [6, 6.07) is 5.08. The summed E-state index contributed by atoms with van der Waals surface area (Å²) in [5.74, 6) is -0.237. The number of nitrogens with two attached hydrogens (primary N) is 1. The van der Waals surface area contributed by atoms with Crippen LogP contribution in [0.25, 0.3) is 5.57 Å². The van der Waals surface area contributed by atoms with E-state index >= 15 is 0 Å². The van der Waals surface area contributed by atoms with Gasteiger partial charge in [0.05, 0.1) is 16.0 Å². The smallest absolute Gasteiger partial charge is 0.404 e. The van der Waals surface area contributed by atoms with Crippen LogP contribution in [0.1, 0.15) is 22.8 Å². The molecule has 1 fully saturated rings. The fraction of sp³-hybridized carbons (Fsp3) is 0.350. The lowest BCUT2D eigenvalue weighted by atomic mass is 10.2. The molecule has 0 saturated carbocycles. The van der Waals surface area contributed by atoms with E-state index in [1.54, 1.807) is 19.9 Å². The van der Waals surface area contributed by atoms with Crippen molar-refractivity contribution in [3.63, 3.8) is 0 Å². The summed E-state index contributed by atoms with van der Waals surface area (Å²) in [5, 5.41) is 0. The second-order valence-electron chi connectivity index (χ2n) is 7.27. The highest BCUT2D eigenvalue weighted by atomic mass is 32.2. The molecule has 1 aliphatic rings. The van der Waals surface area contributed by atoms with Crippen LogP contribution in [0.2, 0.25) is 0 Å². The summed E-state index contributed by atoms with van der Waals surface area (Å²) in [5.41, 5.74) is 6.18. The van der Waals surface area contributed by atoms with Gasteiger partial charge >= 0.3 is 6.18 Å². The number of carbonyl (C=O) groups excluding carboxylic acids is 1. The number of carbonyl (C=O) groups is 1. The standard InChI is InChI=1S/C20H22F3N5O3S/c1-13-11-14(2)26-18(25-13)17(12-24)19(29)27-7-9-28(10-8-27)32(30,31)16-5-3-15(4-6-16)20(21,22)23/h3-6,11-12H,7-10,24H2,1-2H3. The number of aromatic nitrogens is 2. The highest BCUT2D eigenvalue weighted by Gasteiger charge is 2.34. The number of aryl methyl sites for hydroxylation is 2. The zero-order valence-electron chi connectivity index (χ0n) is 17.4. The molecule has 1 saturated heterocycles. The van der Waals surface area contributed by atoms with Crippen molar-refractivity contribution < 1.29 is 26.4 Å². The molecule has 0 aliphatic carbocycles. The van der Waals surface area contributed by atoms with Crippen molar-refractivity contribution in [1.29, 1.82) is 0 Å². The Labute approximate surface area is 183 Å². The van der Waals surface area contributed by atoms with Crippen LogP contribution in [-0.4, -0.2) is 59.7 Å². The average molecular weight is 469 g/mol. The number of benzene rings is 1. The maximum absolute atomic E-state index is 12.9. The third kappa shape index (κ3) is 4.91. The molecule has 0 atom stereocenters. The van der Waals surface area contributed by atoms with Gasteiger partial charge in [0.15, 0.2) is 5.82 Å².